The number of carbonyl (C=O) groups excluding carboxylic acids is 1. The van der Waals surface area contributed by atoms with Gasteiger partial charge in [0.15, 0.2) is 0 Å². The molecule has 0 saturated carbocycles. The summed E-state index contributed by atoms with van der Waals surface area (Å²) in [5.74, 6) is 0.0659. The lowest BCUT2D eigenvalue weighted by Crippen LogP contribution is -2.17. The second-order valence-electron chi connectivity index (χ2n) is 2.57. The van der Waals surface area contributed by atoms with E-state index in [0.717, 1.165) is 12.0 Å². The third kappa shape index (κ3) is 0.604. The Hall–Kier alpha value is -1.11. The van der Waals surface area contributed by atoms with Crippen LogP contribution in [-0.2, 0) is 11.2 Å². The quantitative estimate of drug-likeness (QED) is 0.563. The van der Waals surface area contributed by atoms with E-state index in [1.54, 1.807) is 0 Å². The van der Waals surface area contributed by atoms with Gasteiger partial charge in [-0.2, -0.15) is 0 Å². The van der Waals surface area contributed by atoms with Crippen molar-refractivity contribution in [3.05, 3.63) is 35.4 Å². The van der Waals surface area contributed by atoms with Crippen LogP contribution in [0, 0.1) is 0 Å². The predicted octanol–water partition coefficient (Wildman–Crippen LogP) is 1.44. The zero-order valence-electron chi connectivity index (χ0n) is 5.50. The fraction of sp³-hybridized carbons (Fsp3) is 0.222. The van der Waals surface area contributed by atoms with E-state index >= 15 is 0 Å². The van der Waals surface area contributed by atoms with Crippen LogP contribution in [0.25, 0.3) is 0 Å². The largest absolute Gasteiger partial charge is 0.290 e. The topological polar surface area (TPSA) is 17.1 Å². The molecule has 0 aliphatic heterocycles. The number of rotatable bonds is 1. The van der Waals surface area contributed by atoms with Crippen LogP contribution in [0.2, 0.25) is 0 Å². The molecule has 0 amide bonds. The lowest BCUT2D eigenvalue weighted by molar-refractivity contribution is 0.534. The van der Waals surface area contributed by atoms with Crippen molar-refractivity contribution >= 4 is 6.29 Å². The summed E-state index contributed by atoms with van der Waals surface area (Å²) in [4.78, 5) is 10.2. The molecule has 1 atom stereocenters. The summed E-state index contributed by atoms with van der Waals surface area (Å²) in [6.45, 7) is 0. The molecule has 2 rings (SSSR count). The molecule has 1 nitrogen and oxygen atoms in total. The normalized spacial score (nSPS) is 21.0. The van der Waals surface area contributed by atoms with Crippen molar-refractivity contribution in [2.24, 2.45) is 0 Å². The van der Waals surface area contributed by atoms with Crippen LogP contribution in [0.3, 0.4) is 0 Å². The maximum absolute atomic E-state index is 10.2. The van der Waals surface area contributed by atoms with E-state index in [0.29, 0.717) is 0 Å². The molecular formula is C9H7O. The highest BCUT2D eigenvalue weighted by Gasteiger charge is 2.24. The van der Waals surface area contributed by atoms with E-state index < -0.39 is 0 Å². The van der Waals surface area contributed by atoms with Gasteiger partial charge in [-0.25, -0.2) is 0 Å². The molecule has 0 fully saturated rings. The van der Waals surface area contributed by atoms with Crippen LogP contribution in [0.4, 0.5) is 0 Å². The van der Waals surface area contributed by atoms with Gasteiger partial charge >= 0.3 is 0 Å². The lowest BCUT2D eigenvalue weighted by Gasteiger charge is -2.23. The first-order valence-corrected chi connectivity index (χ1v) is 3.37. The van der Waals surface area contributed by atoms with Gasteiger partial charge in [-0.3, -0.25) is 4.79 Å². The third-order valence-corrected chi connectivity index (χ3v) is 2.00. The third-order valence-electron chi connectivity index (χ3n) is 2.00. The average Bonchev–Trinajstić information content (AvgIpc) is 1.92. The molecule has 0 spiro atoms. The van der Waals surface area contributed by atoms with Crippen molar-refractivity contribution in [3.63, 3.8) is 0 Å². The number of fused-ring (bicyclic) bond motifs is 1. The molecule has 1 heteroatoms. The number of hydrogen-bond donors (Lipinski definition) is 0. The van der Waals surface area contributed by atoms with Crippen LogP contribution >= 0.6 is 0 Å². The molecule has 0 N–H and O–H groups in total. The fourth-order valence-electron chi connectivity index (χ4n) is 1.36. The molecule has 1 unspecified atom stereocenters. The van der Waals surface area contributed by atoms with Gasteiger partial charge < -0.3 is 0 Å². The van der Waals surface area contributed by atoms with Crippen molar-refractivity contribution in [1.29, 1.82) is 0 Å². The Labute approximate surface area is 59.7 Å². The number of benzene rings is 1. The highest BCUT2D eigenvalue weighted by molar-refractivity contribution is 5.69. The Kier molecular flexibility index (Phi) is 1.10. The summed E-state index contributed by atoms with van der Waals surface area (Å²) >= 11 is 0. The molecule has 1 aromatic carbocycles. The average molecular weight is 131 g/mol. The van der Waals surface area contributed by atoms with Crippen LogP contribution in [0.15, 0.2) is 24.3 Å². The standard InChI is InChI=1S/C9H7O/c10-6-8-5-7-3-1-2-4-9(7)8/h1-4,8H,5H2. The van der Waals surface area contributed by atoms with E-state index in [4.69, 9.17) is 0 Å². The van der Waals surface area contributed by atoms with Gasteiger partial charge in [-0.15, -0.1) is 0 Å². The molecule has 1 aliphatic carbocycles. The van der Waals surface area contributed by atoms with Gasteiger partial charge in [0.05, 0.1) is 5.92 Å². The zero-order chi connectivity index (χ0) is 6.97. The smallest absolute Gasteiger partial charge is 0.206 e. The SMILES string of the molecule is O=[C]C1Cc2ccccc21. The van der Waals surface area contributed by atoms with Crippen molar-refractivity contribution in [2.75, 3.05) is 0 Å². The first kappa shape index (κ1) is 5.66. The van der Waals surface area contributed by atoms with Crippen molar-refractivity contribution < 1.29 is 4.79 Å². The Bertz CT molecular complexity index is 265. The Balaban J connectivity index is 2.42. The van der Waals surface area contributed by atoms with Crippen LogP contribution in [0.5, 0.6) is 0 Å². The molecule has 0 heterocycles. The predicted molar refractivity (Wildman–Crippen MR) is 38.6 cm³/mol. The molecule has 1 radical (unpaired) electrons. The molecule has 49 valence electrons. The molecule has 1 aromatic rings. The monoisotopic (exact) mass is 131 g/mol. The van der Waals surface area contributed by atoms with E-state index in [-0.39, 0.29) is 5.92 Å². The van der Waals surface area contributed by atoms with Crippen LogP contribution < -0.4 is 0 Å². The maximum atomic E-state index is 10.2. The summed E-state index contributed by atoms with van der Waals surface area (Å²) in [5, 5.41) is 0. The Morgan fingerprint density at radius 3 is 2.90 bits per heavy atom. The van der Waals surface area contributed by atoms with Crippen molar-refractivity contribution in [3.8, 4) is 0 Å². The Morgan fingerprint density at radius 2 is 2.20 bits per heavy atom. The minimum atomic E-state index is 0.0659. The summed E-state index contributed by atoms with van der Waals surface area (Å²) in [6, 6.07) is 8.01. The molecule has 0 saturated heterocycles. The molecular weight excluding hydrogens is 124 g/mol. The van der Waals surface area contributed by atoms with E-state index in [9.17, 15) is 4.79 Å². The van der Waals surface area contributed by atoms with Crippen LogP contribution in [0.1, 0.15) is 17.0 Å². The summed E-state index contributed by atoms with van der Waals surface area (Å²) in [6.07, 6.45) is 2.90. The minimum Gasteiger partial charge on any atom is -0.290 e. The van der Waals surface area contributed by atoms with Gasteiger partial charge in [0.1, 0.15) is 0 Å². The first-order valence-electron chi connectivity index (χ1n) is 3.37. The molecule has 10 heavy (non-hydrogen) atoms. The van der Waals surface area contributed by atoms with Gasteiger partial charge in [-0.05, 0) is 17.5 Å². The van der Waals surface area contributed by atoms with E-state index in [2.05, 4.69) is 6.07 Å². The molecule has 0 aromatic heterocycles. The summed E-state index contributed by atoms with van der Waals surface area (Å²) in [7, 11) is 0. The molecule has 1 aliphatic rings. The first-order chi connectivity index (χ1) is 4.92. The van der Waals surface area contributed by atoms with Gasteiger partial charge in [0.25, 0.3) is 0 Å². The van der Waals surface area contributed by atoms with Gasteiger partial charge in [0, 0.05) is 0 Å². The second kappa shape index (κ2) is 1.94. The lowest BCUT2D eigenvalue weighted by atomic mass is 9.79. The van der Waals surface area contributed by atoms with Gasteiger partial charge in [0.2, 0.25) is 6.29 Å². The van der Waals surface area contributed by atoms with E-state index in [1.807, 2.05) is 24.5 Å². The summed E-state index contributed by atoms with van der Waals surface area (Å²) in [5.41, 5.74) is 2.47. The Morgan fingerprint density at radius 1 is 1.40 bits per heavy atom. The molecule has 0 bridgehead atoms. The van der Waals surface area contributed by atoms with Crippen LogP contribution in [-0.4, -0.2) is 6.29 Å². The number of hydrogen-bond acceptors (Lipinski definition) is 1. The maximum Gasteiger partial charge on any atom is 0.206 e. The van der Waals surface area contributed by atoms with Crippen molar-refractivity contribution in [1.82, 2.24) is 0 Å². The van der Waals surface area contributed by atoms with Crippen molar-refractivity contribution in [2.45, 2.75) is 12.3 Å². The van der Waals surface area contributed by atoms with E-state index in [1.165, 1.54) is 5.56 Å². The minimum absolute atomic E-state index is 0.0659. The highest BCUT2D eigenvalue weighted by Crippen LogP contribution is 2.32. The fourth-order valence-corrected chi connectivity index (χ4v) is 1.36. The zero-order valence-corrected chi connectivity index (χ0v) is 5.50. The summed E-state index contributed by atoms with van der Waals surface area (Å²) < 4.78 is 0. The van der Waals surface area contributed by atoms with Gasteiger partial charge in [-0.1, -0.05) is 24.3 Å². The highest BCUT2D eigenvalue weighted by atomic mass is 16.1. The second-order valence-corrected chi connectivity index (χ2v) is 2.57.